The van der Waals surface area contributed by atoms with Crippen LogP contribution in [0.4, 0.5) is 25.2 Å². The minimum atomic E-state index is -10.7. The van der Waals surface area contributed by atoms with Crippen LogP contribution in [-0.2, 0) is 29.6 Å². The molecule has 5 nitrogen and oxygen atoms in total. The van der Waals surface area contributed by atoms with Gasteiger partial charge < -0.3 is 10.6 Å². The molecule has 0 amide bonds. The average Bonchev–Trinajstić information content (AvgIpc) is 2.76. The van der Waals surface area contributed by atoms with Gasteiger partial charge in [0.05, 0.1) is 10.1 Å². The van der Waals surface area contributed by atoms with Gasteiger partial charge in [0, 0.05) is 45.7 Å². The fraction of sp³-hybridized carbons (Fsp3) is 0.300. The van der Waals surface area contributed by atoms with Crippen LogP contribution in [0.5, 0.6) is 0 Å². The fourth-order valence-corrected chi connectivity index (χ4v) is 4.32. The summed E-state index contributed by atoms with van der Waals surface area (Å²) in [6.45, 7) is 0. The van der Waals surface area contributed by atoms with Crippen LogP contribution in [0.25, 0.3) is 0 Å². The summed E-state index contributed by atoms with van der Waals surface area (Å²) < 4.78 is 67.3. The molecule has 3 aliphatic rings. The van der Waals surface area contributed by atoms with Gasteiger partial charge in [-0.05, 0) is 37.1 Å². The summed E-state index contributed by atoms with van der Waals surface area (Å²) >= 11 is 25.2. The molecule has 0 radical (unpaired) electrons. The Morgan fingerprint density at radius 1 is 0.703 bits per heavy atom. The van der Waals surface area contributed by atoms with Gasteiger partial charge in [-0.15, -0.1) is 0 Å². The zero-order valence-electron chi connectivity index (χ0n) is 18.3. The summed E-state index contributed by atoms with van der Waals surface area (Å²) in [5, 5.41) is 7.60. The number of hydrogen-bond acceptors (Lipinski definition) is 5. The molecule has 0 aliphatic heterocycles. The molecule has 0 bridgehead atoms. The Labute approximate surface area is 236 Å². The van der Waals surface area contributed by atoms with Gasteiger partial charge in [-0.1, -0.05) is 59.2 Å². The maximum absolute atomic E-state index is 12.1. The average molecular weight is 673 g/mol. The zero-order valence-corrected chi connectivity index (χ0v) is 23.5. The first-order chi connectivity index (χ1) is 16.8. The van der Waals surface area contributed by atoms with E-state index in [0.29, 0.717) is 21.2 Å². The molecule has 0 unspecified atom stereocenters. The molecular weight excluding hydrogens is 655 g/mol. The van der Waals surface area contributed by atoms with Crippen molar-refractivity contribution in [2.24, 2.45) is 0 Å². The molecule has 3 aliphatic carbocycles. The van der Waals surface area contributed by atoms with E-state index >= 15 is 0 Å². The van der Waals surface area contributed by atoms with Crippen molar-refractivity contribution >= 4 is 65.8 Å². The van der Waals surface area contributed by atoms with Crippen LogP contribution in [-0.4, -0.2) is 23.7 Å². The van der Waals surface area contributed by atoms with Crippen molar-refractivity contribution in [1.29, 1.82) is 0 Å². The molecule has 2 N–H and O–H groups in total. The van der Waals surface area contributed by atoms with E-state index in [9.17, 15) is 34.8 Å². The quantitative estimate of drug-likeness (QED) is 0.179. The number of rotatable bonds is 4. The van der Waals surface area contributed by atoms with Gasteiger partial charge >= 0.3 is 53.0 Å². The number of Topliss-reactive ketones (excluding diaryl/α,β-unsaturated/α-hetero) is 2. The van der Waals surface area contributed by atoms with Crippen LogP contribution in [0, 0.1) is 0 Å². The number of carbonyl (C=O) groups is 2. The van der Waals surface area contributed by atoms with Crippen molar-refractivity contribution < 1.29 is 54.8 Å². The third-order valence-corrected chi connectivity index (χ3v) is 5.74. The molecule has 17 heteroatoms. The van der Waals surface area contributed by atoms with Crippen molar-refractivity contribution in [3.05, 3.63) is 68.0 Å². The minimum absolute atomic E-state index is 0.0758. The third-order valence-electron chi connectivity index (χ3n) is 4.75. The van der Waals surface area contributed by atoms with Gasteiger partial charge in [-0.2, -0.15) is 0 Å². The zero-order chi connectivity index (χ0) is 28.7. The Bertz CT molecular complexity index is 1040. The topological polar surface area (TPSA) is 75.3 Å². The molecular formula is C20H18Cl4CrF6N2O3P-. The number of allylic oxidation sites excluding steroid dienone is 10. The predicted octanol–water partition coefficient (Wildman–Crippen LogP) is 8.16. The first-order valence-electron chi connectivity index (χ1n) is 10.0. The summed E-state index contributed by atoms with van der Waals surface area (Å²) in [5.74, 6) is -0.537. The summed E-state index contributed by atoms with van der Waals surface area (Å²) in [5.41, 5.74) is 0.823. The number of carbonyl (C=O) groups excluding carboxylic acids is 2. The Kier molecular flexibility index (Phi) is 11.8. The monoisotopic (exact) mass is 671 g/mol. The van der Waals surface area contributed by atoms with Gasteiger partial charge in [0.1, 0.15) is 0 Å². The Morgan fingerprint density at radius 2 is 1.00 bits per heavy atom. The summed E-state index contributed by atoms with van der Waals surface area (Å²) in [7, 11) is -10.7. The van der Waals surface area contributed by atoms with E-state index in [1.54, 1.807) is 24.6 Å². The van der Waals surface area contributed by atoms with E-state index in [2.05, 4.69) is 10.6 Å². The molecule has 0 aromatic heterocycles. The van der Waals surface area contributed by atoms with Crippen molar-refractivity contribution in [2.75, 3.05) is 0 Å². The second-order valence-electron chi connectivity index (χ2n) is 7.69. The molecule has 0 spiro atoms. The van der Waals surface area contributed by atoms with Crippen molar-refractivity contribution in [1.82, 2.24) is 10.6 Å². The third kappa shape index (κ3) is 14.0. The normalized spacial score (nSPS) is 26.1. The Balaban J connectivity index is 0.000000659. The molecule has 2 atom stereocenters. The maximum atomic E-state index is 12.1. The van der Waals surface area contributed by atoms with E-state index in [-0.39, 0.29) is 33.7 Å². The molecule has 1 fully saturated rings. The first-order valence-corrected chi connectivity index (χ1v) is 14.1. The summed E-state index contributed by atoms with van der Waals surface area (Å²) in [6, 6.07) is 0.152. The van der Waals surface area contributed by atoms with Crippen LogP contribution in [0.3, 0.4) is 0 Å². The molecule has 3 rings (SSSR count). The van der Waals surface area contributed by atoms with E-state index in [0.717, 1.165) is 25.7 Å². The Morgan fingerprint density at radius 3 is 1.30 bits per heavy atom. The van der Waals surface area contributed by atoms with E-state index < -0.39 is 7.81 Å². The predicted molar refractivity (Wildman–Crippen MR) is 128 cm³/mol. The second-order valence-corrected chi connectivity index (χ2v) is 11.3. The molecule has 0 aromatic carbocycles. The van der Waals surface area contributed by atoms with E-state index in [1.807, 2.05) is 0 Å². The van der Waals surface area contributed by atoms with Gasteiger partial charge in [0.2, 0.25) is 11.6 Å². The molecule has 208 valence electrons. The SMILES string of the molecule is F[P-](F)(F)(F)(F)F.O=C1C(Cl)=CC(Cl)=C/C1=C/N[C@@H]1CCCC[C@H]1N/C=C1/C=C(Cl)C=C(Cl)C1=O.[O]=[Cr]. The van der Waals surface area contributed by atoms with Crippen LogP contribution in [0.1, 0.15) is 25.7 Å². The van der Waals surface area contributed by atoms with Gasteiger partial charge in [0.25, 0.3) is 0 Å². The molecule has 37 heavy (non-hydrogen) atoms. The molecule has 0 heterocycles. The van der Waals surface area contributed by atoms with Crippen molar-refractivity contribution in [3.63, 3.8) is 0 Å². The van der Waals surface area contributed by atoms with Gasteiger partial charge in [-0.3, -0.25) is 9.59 Å². The standard InChI is InChI=1S/C20H18Cl4N2O2.Cr.F6P.O/c21-13-5-11(19(27)15(23)7-13)9-25-17-3-1-2-4-18(17)26-10-12-6-14(22)8-16(24)20(12)28;;1-7(2,3,4,5)6;/h5-10,17-18,25-26H,1-4H2;;;/q;;-1;/b11-9-,12-10-;;;/t17-,18-;;;/m1.../s1. The number of nitrogens with one attached hydrogen (secondary N) is 2. The fourth-order valence-electron chi connectivity index (χ4n) is 3.30. The van der Waals surface area contributed by atoms with Crippen LogP contribution in [0.15, 0.2) is 68.0 Å². The Hall–Kier alpha value is -1.12. The molecule has 0 aromatic rings. The van der Waals surface area contributed by atoms with Crippen LogP contribution >= 0.6 is 54.2 Å². The molecule has 0 saturated heterocycles. The van der Waals surface area contributed by atoms with Crippen LogP contribution in [0.2, 0.25) is 0 Å². The van der Waals surface area contributed by atoms with Gasteiger partial charge in [-0.25, -0.2) is 0 Å². The van der Waals surface area contributed by atoms with Crippen LogP contribution < -0.4 is 10.6 Å². The van der Waals surface area contributed by atoms with E-state index in [1.165, 1.54) is 28.4 Å². The summed E-state index contributed by atoms with van der Waals surface area (Å²) in [6.07, 6.45) is 13.3. The number of halogens is 10. The van der Waals surface area contributed by atoms with E-state index in [4.69, 9.17) is 50.2 Å². The second kappa shape index (κ2) is 12.8. The first kappa shape index (κ1) is 33.9. The number of ketones is 2. The summed E-state index contributed by atoms with van der Waals surface area (Å²) in [4.78, 5) is 24.3. The molecule has 1 saturated carbocycles. The van der Waals surface area contributed by atoms with Crippen molar-refractivity contribution in [3.8, 4) is 0 Å². The van der Waals surface area contributed by atoms with Gasteiger partial charge in [0.15, 0.2) is 0 Å². The van der Waals surface area contributed by atoms with Crippen molar-refractivity contribution in [2.45, 2.75) is 37.8 Å². The number of hydrogen-bond donors (Lipinski definition) is 2.